The topological polar surface area (TPSA) is 77.4 Å². The molecule has 1 saturated heterocycles. The summed E-state index contributed by atoms with van der Waals surface area (Å²) in [6.45, 7) is 0.821. The predicted octanol–water partition coefficient (Wildman–Crippen LogP) is 1.88. The molecule has 27 heavy (non-hydrogen) atoms. The highest BCUT2D eigenvalue weighted by Crippen LogP contribution is 2.25. The average molecular weight is 374 g/mol. The van der Waals surface area contributed by atoms with E-state index >= 15 is 0 Å². The van der Waals surface area contributed by atoms with Crippen molar-refractivity contribution in [2.24, 2.45) is 0 Å². The van der Waals surface area contributed by atoms with Crippen molar-refractivity contribution < 1.29 is 29.2 Å². The van der Waals surface area contributed by atoms with Gasteiger partial charge in [0.05, 0.1) is 19.8 Å². The van der Waals surface area contributed by atoms with Gasteiger partial charge in [0.1, 0.15) is 24.4 Å². The summed E-state index contributed by atoms with van der Waals surface area (Å²) in [4.78, 5) is 0. The van der Waals surface area contributed by atoms with Crippen LogP contribution in [0.25, 0.3) is 0 Å². The zero-order valence-corrected chi connectivity index (χ0v) is 15.3. The minimum absolute atomic E-state index is 0.137. The fraction of sp³-hybridized carbons (Fsp3) is 0.429. The third-order valence-corrected chi connectivity index (χ3v) is 4.56. The molecule has 0 bridgehead atoms. The second kappa shape index (κ2) is 9.94. The molecule has 0 aliphatic carbocycles. The molecule has 5 atom stereocenters. The lowest BCUT2D eigenvalue weighted by Crippen LogP contribution is -2.59. The normalized spacial score (nSPS) is 28.2. The minimum Gasteiger partial charge on any atom is -0.387 e. The van der Waals surface area contributed by atoms with E-state index in [1.165, 1.54) is 7.11 Å². The molecule has 1 heterocycles. The van der Waals surface area contributed by atoms with Crippen LogP contribution in [-0.4, -0.2) is 54.6 Å². The molecular weight excluding hydrogens is 348 g/mol. The van der Waals surface area contributed by atoms with E-state index in [-0.39, 0.29) is 13.2 Å². The van der Waals surface area contributed by atoms with Crippen LogP contribution in [0.1, 0.15) is 11.1 Å². The SMILES string of the molecule is CO[C@@H]1O[C@H](COCc2ccccc2)[C@H](O)[C@H](O)[C@@H]1OCc1ccccc1. The first-order chi connectivity index (χ1) is 13.2. The molecule has 1 aliphatic heterocycles. The fourth-order valence-corrected chi connectivity index (χ4v) is 3.04. The van der Waals surface area contributed by atoms with E-state index in [1.807, 2.05) is 60.7 Å². The Bertz CT molecular complexity index is 661. The van der Waals surface area contributed by atoms with E-state index in [1.54, 1.807) is 0 Å². The van der Waals surface area contributed by atoms with E-state index in [9.17, 15) is 10.2 Å². The largest absolute Gasteiger partial charge is 0.387 e. The molecule has 0 radical (unpaired) electrons. The van der Waals surface area contributed by atoms with Gasteiger partial charge in [0, 0.05) is 7.11 Å². The minimum atomic E-state index is -1.14. The number of hydrogen-bond acceptors (Lipinski definition) is 6. The quantitative estimate of drug-likeness (QED) is 0.735. The van der Waals surface area contributed by atoms with Crippen LogP contribution in [0.2, 0.25) is 0 Å². The Labute approximate surface area is 159 Å². The van der Waals surface area contributed by atoms with Gasteiger partial charge >= 0.3 is 0 Å². The molecule has 2 aromatic carbocycles. The van der Waals surface area contributed by atoms with Crippen LogP contribution in [0.3, 0.4) is 0 Å². The van der Waals surface area contributed by atoms with Crippen LogP contribution >= 0.6 is 0 Å². The summed E-state index contributed by atoms with van der Waals surface area (Å²) < 4.78 is 22.5. The Morgan fingerprint density at radius 1 is 0.852 bits per heavy atom. The van der Waals surface area contributed by atoms with Gasteiger partial charge in [-0.3, -0.25) is 0 Å². The number of benzene rings is 2. The highest BCUT2D eigenvalue weighted by atomic mass is 16.7. The molecule has 146 valence electrons. The lowest BCUT2D eigenvalue weighted by Gasteiger charge is -2.41. The van der Waals surface area contributed by atoms with Gasteiger partial charge < -0.3 is 29.2 Å². The van der Waals surface area contributed by atoms with E-state index in [0.29, 0.717) is 6.61 Å². The Balaban J connectivity index is 1.54. The van der Waals surface area contributed by atoms with Crippen LogP contribution in [0.4, 0.5) is 0 Å². The first kappa shape index (κ1) is 19.9. The Morgan fingerprint density at radius 3 is 2.04 bits per heavy atom. The highest BCUT2D eigenvalue weighted by Gasteiger charge is 2.45. The van der Waals surface area contributed by atoms with Crippen LogP contribution in [-0.2, 0) is 32.2 Å². The first-order valence-electron chi connectivity index (χ1n) is 9.00. The van der Waals surface area contributed by atoms with E-state index < -0.39 is 30.7 Å². The molecular formula is C21H26O6. The Hall–Kier alpha value is -1.80. The van der Waals surface area contributed by atoms with Gasteiger partial charge in [-0.25, -0.2) is 0 Å². The lowest BCUT2D eigenvalue weighted by atomic mass is 9.99. The number of methoxy groups -OCH3 is 1. The second-order valence-corrected chi connectivity index (χ2v) is 6.52. The monoisotopic (exact) mass is 374 g/mol. The van der Waals surface area contributed by atoms with Crippen molar-refractivity contribution in [3.63, 3.8) is 0 Å². The molecule has 0 spiro atoms. The van der Waals surface area contributed by atoms with Crippen molar-refractivity contribution in [2.45, 2.75) is 43.9 Å². The predicted molar refractivity (Wildman–Crippen MR) is 98.8 cm³/mol. The molecule has 6 heteroatoms. The van der Waals surface area contributed by atoms with Gasteiger partial charge in [0.2, 0.25) is 0 Å². The maximum atomic E-state index is 10.5. The molecule has 3 rings (SSSR count). The number of rotatable bonds is 8. The highest BCUT2D eigenvalue weighted by molar-refractivity contribution is 5.14. The molecule has 1 fully saturated rings. The molecule has 6 nitrogen and oxygen atoms in total. The number of hydrogen-bond donors (Lipinski definition) is 2. The number of ether oxygens (including phenoxy) is 4. The molecule has 0 unspecified atom stereocenters. The molecule has 0 aromatic heterocycles. The van der Waals surface area contributed by atoms with Gasteiger partial charge in [0.15, 0.2) is 6.29 Å². The van der Waals surface area contributed by atoms with Crippen molar-refractivity contribution >= 4 is 0 Å². The van der Waals surface area contributed by atoms with Crippen LogP contribution in [0.5, 0.6) is 0 Å². The lowest BCUT2D eigenvalue weighted by molar-refractivity contribution is -0.307. The third kappa shape index (κ3) is 5.35. The summed E-state index contributed by atoms with van der Waals surface area (Å²) in [6.07, 6.45) is -4.57. The fourth-order valence-electron chi connectivity index (χ4n) is 3.04. The van der Waals surface area contributed by atoms with E-state index in [2.05, 4.69) is 0 Å². The maximum absolute atomic E-state index is 10.5. The summed E-state index contributed by atoms with van der Waals surface area (Å²) >= 11 is 0. The molecule has 2 N–H and O–H groups in total. The summed E-state index contributed by atoms with van der Waals surface area (Å²) in [5, 5.41) is 20.9. The van der Waals surface area contributed by atoms with Crippen LogP contribution < -0.4 is 0 Å². The smallest absolute Gasteiger partial charge is 0.186 e. The van der Waals surface area contributed by atoms with Crippen LogP contribution in [0, 0.1) is 0 Å². The van der Waals surface area contributed by atoms with Crippen molar-refractivity contribution in [1.29, 1.82) is 0 Å². The van der Waals surface area contributed by atoms with Crippen molar-refractivity contribution in [1.82, 2.24) is 0 Å². The molecule has 1 aliphatic rings. The average Bonchev–Trinajstić information content (AvgIpc) is 2.72. The summed E-state index contributed by atoms with van der Waals surface area (Å²) in [6, 6.07) is 19.3. The van der Waals surface area contributed by atoms with Crippen molar-refractivity contribution in [3.05, 3.63) is 71.8 Å². The summed E-state index contributed by atoms with van der Waals surface area (Å²) in [5.74, 6) is 0. The van der Waals surface area contributed by atoms with Gasteiger partial charge in [0.25, 0.3) is 0 Å². The van der Waals surface area contributed by atoms with Gasteiger partial charge in [-0.2, -0.15) is 0 Å². The zero-order valence-electron chi connectivity index (χ0n) is 15.3. The zero-order chi connectivity index (χ0) is 19.1. The number of aliphatic hydroxyl groups excluding tert-OH is 2. The second-order valence-electron chi connectivity index (χ2n) is 6.52. The first-order valence-corrected chi connectivity index (χ1v) is 9.00. The van der Waals surface area contributed by atoms with Crippen molar-refractivity contribution in [3.8, 4) is 0 Å². The Kier molecular flexibility index (Phi) is 7.34. The summed E-state index contributed by atoms with van der Waals surface area (Å²) in [5.41, 5.74) is 1.98. The summed E-state index contributed by atoms with van der Waals surface area (Å²) in [7, 11) is 1.48. The third-order valence-electron chi connectivity index (χ3n) is 4.56. The van der Waals surface area contributed by atoms with E-state index in [0.717, 1.165) is 11.1 Å². The van der Waals surface area contributed by atoms with Crippen molar-refractivity contribution in [2.75, 3.05) is 13.7 Å². The molecule has 2 aromatic rings. The standard InChI is InChI=1S/C21H26O6/c1-24-21-20(26-13-16-10-6-3-7-11-16)19(23)18(22)17(27-21)14-25-12-15-8-4-2-5-9-15/h2-11,17-23H,12-14H2,1H3/t17-,18+,19+,20+,21-/m1/s1. The van der Waals surface area contributed by atoms with Crippen LogP contribution in [0.15, 0.2) is 60.7 Å². The Morgan fingerprint density at radius 2 is 1.44 bits per heavy atom. The van der Waals surface area contributed by atoms with Gasteiger partial charge in [-0.15, -0.1) is 0 Å². The molecule has 0 saturated carbocycles. The van der Waals surface area contributed by atoms with E-state index in [4.69, 9.17) is 18.9 Å². The van der Waals surface area contributed by atoms with Gasteiger partial charge in [-0.1, -0.05) is 60.7 Å². The number of aliphatic hydroxyl groups is 2. The maximum Gasteiger partial charge on any atom is 0.186 e. The molecule has 0 amide bonds. The van der Waals surface area contributed by atoms with Gasteiger partial charge in [-0.05, 0) is 11.1 Å².